The van der Waals surface area contributed by atoms with E-state index in [9.17, 15) is 32.9 Å². The molecule has 0 saturated heterocycles. The first kappa shape index (κ1) is 34.4. The molecule has 0 heterocycles. The Kier molecular flexibility index (Phi) is 12.8. The van der Waals surface area contributed by atoms with Crippen LogP contribution in [0.4, 0.5) is 17.1 Å². The second kappa shape index (κ2) is 16.7. The number of benzene rings is 3. The minimum absolute atomic E-state index is 0.00326. The van der Waals surface area contributed by atoms with Crippen molar-refractivity contribution in [3.8, 4) is 0 Å². The molecule has 14 heteroatoms. The Hall–Kier alpha value is -5.08. The van der Waals surface area contributed by atoms with Gasteiger partial charge in [-0.3, -0.25) is 29.7 Å². The van der Waals surface area contributed by atoms with Crippen molar-refractivity contribution >= 4 is 50.9 Å². The van der Waals surface area contributed by atoms with Gasteiger partial charge in [0.15, 0.2) is 0 Å². The average Bonchev–Trinajstić information content (AvgIpc) is 3.01. The fourth-order valence-electron chi connectivity index (χ4n) is 4.27. The number of aryl methyl sites for hydroxylation is 1. The first-order valence-corrected chi connectivity index (χ1v) is 15.7. The van der Waals surface area contributed by atoms with Crippen molar-refractivity contribution in [2.24, 2.45) is 0 Å². The Morgan fingerprint density at radius 3 is 2.31 bits per heavy atom. The molecule has 0 spiro atoms. The molecule has 238 valence electrons. The third-order valence-electron chi connectivity index (χ3n) is 6.74. The van der Waals surface area contributed by atoms with Crippen molar-refractivity contribution < 1.29 is 32.9 Å². The second-order valence-corrected chi connectivity index (χ2v) is 11.8. The minimum atomic E-state index is -4.45. The maximum atomic E-state index is 12.9. The van der Waals surface area contributed by atoms with Gasteiger partial charge in [0.05, 0.1) is 9.82 Å². The number of rotatable bonds is 16. The van der Waals surface area contributed by atoms with E-state index >= 15 is 0 Å². The summed E-state index contributed by atoms with van der Waals surface area (Å²) in [4.78, 5) is 46.5. The van der Waals surface area contributed by atoms with Gasteiger partial charge in [-0.25, -0.2) is 18.6 Å². The van der Waals surface area contributed by atoms with Crippen LogP contribution >= 0.6 is 0 Å². The van der Waals surface area contributed by atoms with Crippen LogP contribution in [-0.2, 0) is 19.6 Å². The van der Waals surface area contributed by atoms with Crippen LogP contribution in [0, 0.1) is 17.0 Å². The Labute approximate surface area is 260 Å². The number of anilines is 2. The van der Waals surface area contributed by atoms with Crippen LogP contribution in [0.25, 0.3) is 6.08 Å². The highest BCUT2D eigenvalue weighted by Gasteiger charge is 2.24. The summed E-state index contributed by atoms with van der Waals surface area (Å²) in [5.74, 6) is -1.78. The zero-order valence-corrected chi connectivity index (χ0v) is 25.4. The van der Waals surface area contributed by atoms with Gasteiger partial charge < -0.3 is 10.6 Å². The molecule has 0 bridgehead atoms. The Morgan fingerprint density at radius 1 is 0.933 bits per heavy atom. The van der Waals surface area contributed by atoms with Crippen molar-refractivity contribution in [1.29, 1.82) is 0 Å². The molecule has 0 saturated carbocycles. The lowest BCUT2D eigenvalue weighted by molar-refractivity contribution is -0.384. The SMILES string of the molecule is Cc1ccccc1C=CC(=O)Nc1ccc(C(=O)NS(=O)(=O)c2ccc(NCCCCCCCC(=O)NO)c([N+](=O)[O-])c2)cc1. The van der Waals surface area contributed by atoms with Gasteiger partial charge in [-0.2, -0.15) is 0 Å². The molecule has 0 aromatic heterocycles. The number of carbonyl (C=O) groups excluding carboxylic acids is 3. The van der Waals surface area contributed by atoms with Crippen LogP contribution in [-0.4, -0.2) is 42.8 Å². The van der Waals surface area contributed by atoms with Gasteiger partial charge in [0.1, 0.15) is 5.69 Å². The maximum Gasteiger partial charge on any atom is 0.293 e. The predicted molar refractivity (Wildman–Crippen MR) is 169 cm³/mol. The van der Waals surface area contributed by atoms with Crippen LogP contribution in [0.3, 0.4) is 0 Å². The molecular formula is C31H35N5O8S. The van der Waals surface area contributed by atoms with Gasteiger partial charge in [-0.1, -0.05) is 43.5 Å². The van der Waals surface area contributed by atoms with E-state index in [2.05, 4.69) is 10.6 Å². The molecule has 45 heavy (non-hydrogen) atoms. The molecule has 3 aromatic rings. The van der Waals surface area contributed by atoms with E-state index in [0.29, 0.717) is 25.1 Å². The molecule has 0 atom stereocenters. The standard InChI is InChI=1S/C31H35N5O8S/c1-22-9-6-7-10-23(22)14-19-29(37)33-25-15-12-24(13-16-25)31(39)35-45(43,44)26-17-18-27(28(21-26)36(41)42)32-20-8-4-2-3-5-11-30(38)34-40/h6-7,9-10,12-19,21,32,40H,2-5,8,11,20H2,1H3,(H,33,37)(H,34,38)(H,35,39). The number of amides is 3. The number of sulfonamides is 1. The van der Waals surface area contributed by atoms with Gasteiger partial charge in [-0.05, 0) is 73.4 Å². The van der Waals surface area contributed by atoms with Crippen LogP contribution in [0.2, 0.25) is 0 Å². The number of unbranched alkanes of at least 4 members (excludes halogenated alkanes) is 4. The third-order valence-corrected chi connectivity index (χ3v) is 8.07. The maximum absolute atomic E-state index is 12.9. The van der Waals surface area contributed by atoms with Crippen LogP contribution in [0.15, 0.2) is 77.7 Å². The number of nitrogens with one attached hydrogen (secondary N) is 4. The number of nitrogens with zero attached hydrogens (tertiary/aromatic N) is 1. The molecule has 0 fully saturated rings. The summed E-state index contributed by atoms with van der Waals surface area (Å²) in [5, 5.41) is 25.7. The molecular weight excluding hydrogens is 602 g/mol. The quantitative estimate of drug-likeness (QED) is 0.0475. The van der Waals surface area contributed by atoms with Crippen molar-refractivity contribution in [1.82, 2.24) is 10.2 Å². The first-order valence-electron chi connectivity index (χ1n) is 14.2. The Balaban J connectivity index is 1.54. The lowest BCUT2D eigenvalue weighted by Gasteiger charge is -2.11. The minimum Gasteiger partial charge on any atom is -0.379 e. The highest BCUT2D eigenvalue weighted by Crippen LogP contribution is 2.28. The van der Waals surface area contributed by atoms with Crippen LogP contribution in [0.1, 0.15) is 60.0 Å². The van der Waals surface area contributed by atoms with Crippen LogP contribution in [0.5, 0.6) is 0 Å². The Morgan fingerprint density at radius 2 is 1.62 bits per heavy atom. The molecule has 3 rings (SSSR count). The van der Waals surface area contributed by atoms with Gasteiger partial charge in [0.2, 0.25) is 11.8 Å². The predicted octanol–water partition coefficient (Wildman–Crippen LogP) is 4.93. The summed E-state index contributed by atoms with van der Waals surface area (Å²) >= 11 is 0. The summed E-state index contributed by atoms with van der Waals surface area (Å²) in [6.45, 7) is 2.33. The van der Waals surface area contributed by atoms with Crippen molar-refractivity contribution in [3.05, 3.63) is 99.6 Å². The number of hydrogen-bond donors (Lipinski definition) is 5. The zero-order chi connectivity index (χ0) is 32.8. The highest BCUT2D eigenvalue weighted by atomic mass is 32.2. The molecule has 0 aliphatic carbocycles. The molecule has 13 nitrogen and oxygen atoms in total. The van der Waals surface area contributed by atoms with E-state index in [4.69, 9.17) is 5.21 Å². The first-order chi connectivity index (χ1) is 21.5. The third kappa shape index (κ3) is 10.9. The van der Waals surface area contributed by atoms with Crippen molar-refractivity contribution in [2.45, 2.75) is 50.3 Å². The lowest BCUT2D eigenvalue weighted by Crippen LogP contribution is -2.30. The van der Waals surface area contributed by atoms with E-state index in [-0.39, 0.29) is 23.6 Å². The zero-order valence-electron chi connectivity index (χ0n) is 24.6. The average molecular weight is 638 g/mol. The number of nitro groups is 1. The fourth-order valence-corrected chi connectivity index (χ4v) is 5.26. The second-order valence-electron chi connectivity index (χ2n) is 10.1. The summed E-state index contributed by atoms with van der Waals surface area (Å²) in [6, 6.07) is 16.5. The molecule has 5 N–H and O–H groups in total. The van der Waals surface area contributed by atoms with Crippen molar-refractivity contribution in [2.75, 3.05) is 17.2 Å². The topological polar surface area (TPSA) is 197 Å². The fraction of sp³-hybridized carbons (Fsp3) is 0.258. The van der Waals surface area contributed by atoms with Gasteiger partial charge in [-0.15, -0.1) is 0 Å². The Bertz CT molecular complexity index is 1660. The normalized spacial score (nSPS) is 11.2. The smallest absolute Gasteiger partial charge is 0.293 e. The van der Waals surface area contributed by atoms with Gasteiger partial charge >= 0.3 is 0 Å². The summed E-state index contributed by atoms with van der Waals surface area (Å²) in [5.41, 5.74) is 3.54. The summed E-state index contributed by atoms with van der Waals surface area (Å²) < 4.78 is 27.7. The molecule has 3 amide bonds. The largest absolute Gasteiger partial charge is 0.379 e. The van der Waals surface area contributed by atoms with E-state index in [1.165, 1.54) is 42.5 Å². The molecule has 0 unspecified atom stereocenters. The van der Waals surface area contributed by atoms with Crippen molar-refractivity contribution in [3.63, 3.8) is 0 Å². The van der Waals surface area contributed by atoms with E-state index in [1.54, 1.807) is 11.6 Å². The highest BCUT2D eigenvalue weighted by molar-refractivity contribution is 7.90. The summed E-state index contributed by atoms with van der Waals surface area (Å²) in [6.07, 6.45) is 7.04. The number of nitro benzene ring substituents is 1. The summed E-state index contributed by atoms with van der Waals surface area (Å²) in [7, 11) is -4.45. The number of hydrogen-bond acceptors (Lipinski definition) is 9. The molecule has 0 aliphatic rings. The monoisotopic (exact) mass is 637 g/mol. The molecule has 0 radical (unpaired) electrons. The van der Waals surface area contributed by atoms with E-state index < -0.39 is 37.3 Å². The lowest BCUT2D eigenvalue weighted by atomic mass is 10.1. The van der Waals surface area contributed by atoms with E-state index in [1.807, 2.05) is 35.9 Å². The van der Waals surface area contributed by atoms with Gasteiger partial charge in [0, 0.05) is 36.4 Å². The van der Waals surface area contributed by atoms with Gasteiger partial charge in [0.25, 0.3) is 21.6 Å². The number of hydroxylamine groups is 1. The molecule has 0 aliphatic heterocycles. The van der Waals surface area contributed by atoms with Crippen LogP contribution < -0.4 is 20.8 Å². The number of carbonyl (C=O) groups is 3. The molecule has 3 aromatic carbocycles. The van der Waals surface area contributed by atoms with E-state index in [0.717, 1.165) is 36.5 Å².